The zero-order valence-electron chi connectivity index (χ0n) is 5.91. The Bertz CT molecular complexity index is 29.4. The lowest BCUT2D eigenvalue weighted by Gasteiger charge is -1.97. The lowest BCUT2D eigenvalue weighted by atomic mass is 10.3. The average Bonchev–Trinajstić information content (AvgIpc) is 1.81. The molecule has 0 fully saturated rings. The van der Waals surface area contributed by atoms with E-state index < -0.39 is 0 Å². The van der Waals surface area contributed by atoms with E-state index in [1.54, 1.807) is 0 Å². The molecule has 0 saturated heterocycles. The average molecular weight is 114 g/mol. The molecule has 0 aliphatic carbocycles. The van der Waals surface area contributed by atoms with Crippen LogP contribution in [-0.4, -0.2) is 6.54 Å². The summed E-state index contributed by atoms with van der Waals surface area (Å²) < 4.78 is 0. The lowest BCUT2D eigenvalue weighted by molar-refractivity contribution is 0.689. The Morgan fingerprint density at radius 2 is 2.12 bits per heavy atom. The minimum atomic E-state index is 1.13. The summed E-state index contributed by atoms with van der Waals surface area (Å²) in [5, 5.41) is 3.21. The van der Waals surface area contributed by atoms with Gasteiger partial charge in [0.2, 0.25) is 0 Å². The predicted octanol–water partition coefficient (Wildman–Crippen LogP) is 1.95. The second-order valence-electron chi connectivity index (χ2n) is 1.92. The molecule has 1 radical (unpaired) electrons. The third kappa shape index (κ3) is 5.96. The Hall–Kier alpha value is -0.0400. The first-order valence-electron chi connectivity index (χ1n) is 3.46. The summed E-state index contributed by atoms with van der Waals surface area (Å²) in [4.78, 5) is 0. The normalized spacial score (nSPS) is 9.75. The molecular weight excluding hydrogens is 98.1 g/mol. The van der Waals surface area contributed by atoms with E-state index in [1.807, 2.05) is 0 Å². The third-order valence-corrected chi connectivity index (χ3v) is 1.02. The van der Waals surface area contributed by atoms with Crippen molar-refractivity contribution >= 4 is 0 Å². The van der Waals surface area contributed by atoms with Gasteiger partial charge in [-0.25, -0.2) is 0 Å². The molecule has 0 aliphatic heterocycles. The zero-order valence-corrected chi connectivity index (χ0v) is 5.91. The molecule has 0 aromatic carbocycles. The second kappa shape index (κ2) is 6.96. The fourth-order valence-electron chi connectivity index (χ4n) is 0.525. The molecule has 0 spiro atoms. The smallest absolute Gasteiger partial charge is 0.0218 e. The van der Waals surface area contributed by atoms with Gasteiger partial charge in [-0.05, 0) is 19.4 Å². The van der Waals surface area contributed by atoms with Crippen molar-refractivity contribution in [1.29, 1.82) is 0 Å². The van der Waals surface area contributed by atoms with Gasteiger partial charge in [-0.2, -0.15) is 0 Å². The van der Waals surface area contributed by atoms with Gasteiger partial charge < -0.3 is 5.32 Å². The molecule has 0 heterocycles. The van der Waals surface area contributed by atoms with E-state index in [-0.39, 0.29) is 0 Å². The van der Waals surface area contributed by atoms with Crippen molar-refractivity contribution in [3.05, 3.63) is 6.54 Å². The summed E-state index contributed by atoms with van der Waals surface area (Å²) in [7, 11) is 0. The van der Waals surface area contributed by atoms with Crippen LogP contribution in [0, 0.1) is 6.54 Å². The molecule has 49 valence electrons. The third-order valence-electron chi connectivity index (χ3n) is 1.02. The van der Waals surface area contributed by atoms with Crippen LogP contribution < -0.4 is 5.32 Å². The van der Waals surface area contributed by atoms with Gasteiger partial charge in [-0.3, -0.25) is 0 Å². The predicted molar refractivity (Wildman–Crippen MR) is 37.5 cm³/mol. The first-order valence-corrected chi connectivity index (χ1v) is 3.46. The molecule has 0 bridgehead atoms. The minimum Gasteiger partial charge on any atom is -0.312 e. The number of rotatable bonds is 5. The molecular formula is C7H16N. The highest BCUT2D eigenvalue weighted by Crippen LogP contribution is 1.84. The summed E-state index contributed by atoms with van der Waals surface area (Å²) in [6, 6.07) is 0. The molecule has 0 unspecified atom stereocenters. The maximum Gasteiger partial charge on any atom is 0.0218 e. The Kier molecular flexibility index (Phi) is 6.93. The standard InChI is InChI=1S/C7H16N/c1-3-5-7-8-6-4-2/h6,8H,3-5,7H2,1-2H3. The van der Waals surface area contributed by atoms with Crippen LogP contribution in [0.25, 0.3) is 0 Å². The zero-order chi connectivity index (χ0) is 6.24. The van der Waals surface area contributed by atoms with Crippen molar-refractivity contribution in [3.63, 3.8) is 0 Å². The molecule has 1 nitrogen and oxygen atoms in total. The van der Waals surface area contributed by atoms with E-state index >= 15 is 0 Å². The SMILES string of the molecule is CC[CH]NCCCC. The van der Waals surface area contributed by atoms with E-state index in [4.69, 9.17) is 0 Å². The van der Waals surface area contributed by atoms with E-state index in [1.165, 1.54) is 12.8 Å². The van der Waals surface area contributed by atoms with Gasteiger partial charge >= 0.3 is 0 Å². The largest absolute Gasteiger partial charge is 0.312 e. The maximum absolute atomic E-state index is 3.21. The molecule has 1 N–H and O–H groups in total. The molecule has 0 aromatic rings. The molecule has 0 aliphatic rings. The molecule has 0 aromatic heterocycles. The van der Waals surface area contributed by atoms with Crippen LogP contribution in [0.4, 0.5) is 0 Å². The topological polar surface area (TPSA) is 12.0 Å². The van der Waals surface area contributed by atoms with Crippen molar-refractivity contribution in [2.75, 3.05) is 6.54 Å². The van der Waals surface area contributed by atoms with Gasteiger partial charge in [0.25, 0.3) is 0 Å². The molecule has 0 saturated carbocycles. The first kappa shape index (κ1) is 7.96. The van der Waals surface area contributed by atoms with Gasteiger partial charge in [0, 0.05) is 6.54 Å². The molecule has 8 heavy (non-hydrogen) atoms. The van der Waals surface area contributed by atoms with E-state index in [9.17, 15) is 0 Å². The molecule has 1 heteroatoms. The molecule has 0 atom stereocenters. The van der Waals surface area contributed by atoms with Gasteiger partial charge in [-0.15, -0.1) is 0 Å². The van der Waals surface area contributed by atoms with Crippen LogP contribution in [-0.2, 0) is 0 Å². The lowest BCUT2D eigenvalue weighted by Crippen LogP contribution is -2.10. The molecule has 0 amide bonds. The van der Waals surface area contributed by atoms with Gasteiger partial charge in [0.15, 0.2) is 0 Å². The summed E-state index contributed by atoms with van der Waals surface area (Å²) in [5.74, 6) is 0. The van der Waals surface area contributed by atoms with Crippen LogP contribution in [0.3, 0.4) is 0 Å². The van der Waals surface area contributed by atoms with Crippen molar-refractivity contribution in [2.24, 2.45) is 0 Å². The van der Waals surface area contributed by atoms with E-state index in [2.05, 4.69) is 25.7 Å². The van der Waals surface area contributed by atoms with Crippen molar-refractivity contribution in [1.82, 2.24) is 5.32 Å². The van der Waals surface area contributed by atoms with Crippen molar-refractivity contribution in [3.8, 4) is 0 Å². The van der Waals surface area contributed by atoms with Gasteiger partial charge in [-0.1, -0.05) is 20.3 Å². The van der Waals surface area contributed by atoms with Gasteiger partial charge in [0.1, 0.15) is 0 Å². The summed E-state index contributed by atoms with van der Waals surface area (Å²) in [5.41, 5.74) is 0. The van der Waals surface area contributed by atoms with Crippen molar-refractivity contribution < 1.29 is 0 Å². The molecule has 0 rings (SSSR count). The summed E-state index contributed by atoms with van der Waals surface area (Å²) in [6.07, 6.45) is 3.70. The Balaban J connectivity index is 2.53. The Morgan fingerprint density at radius 3 is 2.62 bits per heavy atom. The fraction of sp³-hybridized carbons (Fsp3) is 0.857. The number of hydrogen-bond acceptors (Lipinski definition) is 1. The quantitative estimate of drug-likeness (QED) is 0.539. The highest BCUT2D eigenvalue weighted by atomic mass is 14.8. The number of nitrogens with one attached hydrogen (secondary N) is 1. The highest BCUT2D eigenvalue weighted by Gasteiger charge is 1.81. The summed E-state index contributed by atoms with van der Waals surface area (Å²) >= 11 is 0. The van der Waals surface area contributed by atoms with Crippen LogP contribution in [0.5, 0.6) is 0 Å². The monoisotopic (exact) mass is 114 g/mol. The van der Waals surface area contributed by atoms with Crippen LogP contribution >= 0.6 is 0 Å². The minimum absolute atomic E-state index is 1.13. The number of unbranched alkanes of at least 4 members (excludes halogenated alkanes) is 1. The fourth-order valence-corrected chi connectivity index (χ4v) is 0.525. The first-order chi connectivity index (χ1) is 3.91. The van der Waals surface area contributed by atoms with Crippen LogP contribution in [0.15, 0.2) is 0 Å². The number of hydrogen-bond donors (Lipinski definition) is 1. The Morgan fingerprint density at radius 1 is 1.38 bits per heavy atom. The van der Waals surface area contributed by atoms with Crippen LogP contribution in [0.2, 0.25) is 0 Å². The summed E-state index contributed by atoms with van der Waals surface area (Å²) in [6.45, 7) is 7.59. The second-order valence-corrected chi connectivity index (χ2v) is 1.92. The van der Waals surface area contributed by atoms with Crippen LogP contribution in [0.1, 0.15) is 33.1 Å². The van der Waals surface area contributed by atoms with E-state index in [0.29, 0.717) is 0 Å². The Labute approximate surface area is 52.5 Å². The maximum atomic E-state index is 3.21. The highest BCUT2D eigenvalue weighted by molar-refractivity contribution is 4.56. The van der Waals surface area contributed by atoms with Crippen molar-refractivity contribution in [2.45, 2.75) is 33.1 Å². The van der Waals surface area contributed by atoms with E-state index in [0.717, 1.165) is 13.0 Å². The van der Waals surface area contributed by atoms with Gasteiger partial charge in [0.05, 0.1) is 0 Å².